The molecule has 1 aliphatic carbocycles. The summed E-state index contributed by atoms with van der Waals surface area (Å²) in [5.74, 6) is -1.72. The number of halogens is 2. The molecule has 17 heavy (non-hydrogen) atoms. The first-order chi connectivity index (χ1) is 7.99. The minimum absolute atomic E-state index is 0.0257. The van der Waals surface area contributed by atoms with Crippen LogP contribution in [0.3, 0.4) is 0 Å². The number of rotatable bonds is 4. The van der Waals surface area contributed by atoms with E-state index in [0.717, 1.165) is 25.0 Å². The monoisotopic (exact) mass is 259 g/mol. The van der Waals surface area contributed by atoms with Gasteiger partial charge in [-0.1, -0.05) is 11.6 Å². The van der Waals surface area contributed by atoms with Crippen LogP contribution in [0.5, 0.6) is 5.75 Å². The second kappa shape index (κ2) is 4.50. The molecule has 1 aromatic carbocycles. The molecule has 1 fully saturated rings. The largest absolute Gasteiger partial charge is 0.488 e. The highest BCUT2D eigenvalue weighted by atomic mass is 35.5. The summed E-state index contributed by atoms with van der Waals surface area (Å²) in [7, 11) is 0. The van der Waals surface area contributed by atoms with E-state index < -0.39 is 17.8 Å². The third kappa shape index (κ3) is 2.68. The van der Waals surface area contributed by atoms with E-state index in [-0.39, 0.29) is 22.4 Å². The Bertz CT molecular complexity index is 462. The highest BCUT2D eigenvalue weighted by Gasteiger charge is 2.29. The van der Waals surface area contributed by atoms with E-state index in [0.29, 0.717) is 0 Å². The molecule has 1 aromatic rings. The summed E-state index contributed by atoms with van der Waals surface area (Å²) in [5.41, 5.74) is 5.53. The molecule has 0 heterocycles. The summed E-state index contributed by atoms with van der Waals surface area (Å²) in [6.45, 7) is 0. The lowest BCUT2D eigenvalue weighted by Gasteiger charge is -2.15. The van der Waals surface area contributed by atoms with Crippen LogP contribution in [0.25, 0.3) is 0 Å². The van der Waals surface area contributed by atoms with Gasteiger partial charge in [-0.25, -0.2) is 4.39 Å². The minimum atomic E-state index is -1.35. The Morgan fingerprint density at radius 1 is 1.59 bits per heavy atom. The predicted octanol–water partition coefficient (Wildman–Crippen LogP) is 2.10. The average molecular weight is 260 g/mol. The zero-order valence-electron chi connectivity index (χ0n) is 8.82. The molecule has 0 aromatic heterocycles. The zero-order chi connectivity index (χ0) is 12.6. The van der Waals surface area contributed by atoms with Gasteiger partial charge in [0.15, 0.2) is 0 Å². The van der Waals surface area contributed by atoms with Gasteiger partial charge in [-0.15, -0.1) is 0 Å². The minimum Gasteiger partial charge on any atom is -0.488 e. The van der Waals surface area contributed by atoms with Crippen molar-refractivity contribution < 1.29 is 19.0 Å². The molecule has 0 bridgehead atoms. The zero-order valence-corrected chi connectivity index (χ0v) is 9.58. The molecule has 6 heteroatoms. The molecule has 4 nitrogen and oxygen atoms in total. The normalized spacial score (nSPS) is 16.6. The number of benzene rings is 1. The summed E-state index contributed by atoms with van der Waals surface area (Å²) >= 11 is 5.84. The molecule has 2 rings (SSSR count). The number of aliphatic carboxylic acids is 1. The van der Waals surface area contributed by atoms with Crippen LogP contribution >= 0.6 is 11.6 Å². The SMILES string of the molecule is NC(C(=O)O)c1cc(F)cc(Cl)c1OC1CC1. The van der Waals surface area contributed by atoms with Crippen molar-refractivity contribution in [3.8, 4) is 5.75 Å². The average Bonchev–Trinajstić information content (AvgIpc) is 3.04. The molecule has 92 valence electrons. The van der Waals surface area contributed by atoms with Crippen LogP contribution in [-0.4, -0.2) is 17.2 Å². The molecular weight excluding hydrogens is 249 g/mol. The first-order valence-corrected chi connectivity index (χ1v) is 5.51. The Morgan fingerprint density at radius 3 is 2.76 bits per heavy atom. The highest BCUT2D eigenvalue weighted by molar-refractivity contribution is 6.32. The van der Waals surface area contributed by atoms with Gasteiger partial charge < -0.3 is 15.6 Å². The van der Waals surface area contributed by atoms with Gasteiger partial charge in [-0.3, -0.25) is 4.79 Å². The smallest absolute Gasteiger partial charge is 0.325 e. The summed E-state index contributed by atoms with van der Waals surface area (Å²) in [4.78, 5) is 10.8. The van der Waals surface area contributed by atoms with Crippen molar-refractivity contribution in [2.45, 2.75) is 25.0 Å². The molecule has 1 saturated carbocycles. The summed E-state index contributed by atoms with van der Waals surface area (Å²) in [5, 5.41) is 8.89. The van der Waals surface area contributed by atoms with Crippen molar-refractivity contribution in [2.75, 3.05) is 0 Å². The predicted molar refractivity (Wildman–Crippen MR) is 59.6 cm³/mol. The van der Waals surface area contributed by atoms with Crippen LogP contribution in [-0.2, 0) is 4.79 Å². The molecule has 3 N–H and O–H groups in total. The van der Waals surface area contributed by atoms with Crippen LogP contribution < -0.4 is 10.5 Å². The van der Waals surface area contributed by atoms with Crippen LogP contribution in [0, 0.1) is 5.82 Å². The number of hydrogen-bond acceptors (Lipinski definition) is 3. The van der Waals surface area contributed by atoms with Gasteiger partial charge in [0.2, 0.25) is 0 Å². The van der Waals surface area contributed by atoms with Crippen molar-refractivity contribution in [2.24, 2.45) is 5.73 Å². The van der Waals surface area contributed by atoms with E-state index >= 15 is 0 Å². The van der Waals surface area contributed by atoms with Crippen molar-refractivity contribution in [3.05, 3.63) is 28.5 Å². The lowest BCUT2D eigenvalue weighted by Crippen LogP contribution is -2.22. The fourth-order valence-electron chi connectivity index (χ4n) is 1.42. The molecular formula is C11H11ClFNO3. The van der Waals surface area contributed by atoms with E-state index in [4.69, 9.17) is 27.2 Å². The Morgan fingerprint density at radius 2 is 2.24 bits per heavy atom. The highest BCUT2D eigenvalue weighted by Crippen LogP contribution is 2.37. The summed E-state index contributed by atoms with van der Waals surface area (Å²) in [6, 6.07) is 0.775. The molecule has 0 saturated heterocycles. The van der Waals surface area contributed by atoms with Crippen molar-refractivity contribution >= 4 is 17.6 Å². The van der Waals surface area contributed by atoms with Gasteiger partial charge in [0, 0.05) is 5.56 Å². The van der Waals surface area contributed by atoms with E-state index in [9.17, 15) is 9.18 Å². The second-order valence-electron chi connectivity index (χ2n) is 3.94. The number of ether oxygens (including phenoxy) is 1. The Hall–Kier alpha value is -1.33. The summed E-state index contributed by atoms with van der Waals surface area (Å²) < 4.78 is 18.7. The topological polar surface area (TPSA) is 72.6 Å². The lowest BCUT2D eigenvalue weighted by molar-refractivity contribution is -0.138. The molecule has 1 atom stereocenters. The molecule has 0 spiro atoms. The van der Waals surface area contributed by atoms with Crippen molar-refractivity contribution in [3.63, 3.8) is 0 Å². The molecule has 0 aliphatic heterocycles. The van der Waals surface area contributed by atoms with Gasteiger partial charge in [0.1, 0.15) is 17.6 Å². The van der Waals surface area contributed by atoms with Crippen LogP contribution in [0.4, 0.5) is 4.39 Å². The molecule has 0 radical (unpaired) electrons. The quantitative estimate of drug-likeness (QED) is 0.869. The fourth-order valence-corrected chi connectivity index (χ4v) is 1.68. The first-order valence-electron chi connectivity index (χ1n) is 5.13. The molecule has 0 amide bonds. The van der Waals surface area contributed by atoms with E-state index in [1.807, 2.05) is 0 Å². The van der Waals surface area contributed by atoms with Gasteiger partial charge in [-0.2, -0.15) is 0 Å². The van der Waals surface area contributed by atoms with E-state index in [2.05, 4.69) is 0 Å². The second-order valence-corrected chi connectivity index (χ2v) is 4.35. The van der Waals surface area contributed by atoms with E-state index in [1.54, 1.807) is 0 Å². The third-order valence-electron chi connectivity index (χ3n) is 2.45. The molecule has 1 unspecified atom stereocenters. The van der Waals surface area contributed by atoms with Crippen LogP contribution in [0.1, 0.15) is 24.4 Å². The maximum Gasteiger partial charge on any atom is 0.325 e. The van der Waals surface area contributed by atoms with E-state index in [1.165, 1.54) is 0 Å². The number of carboxylic acids is 1. The van der Waals surface area contributed by atoms with Crippen molar-refractivity contribution in [1.82, 2.24) is 0 Å². The maximum absolute atomic E-state index is 13.2. The maximum atomic E-state index is 13.2. The van der Waals surface area contributed by atoms with Gasteiger partial charge in [-0.05, 0) is 25.0 Å². The summed E-state index contributed by atoms with van der Waals surface area (Å²) in [6.07, 6.45) is 1.79. The third-order valence-corrected chi connectivity index (χ3v) is 2.73. The van der Waals surface area contributed by atoms with Crippen molar-refractivity contribution in [1.29, 1.82) is 0 Å². The number of nitrogens with two attached hydrogens (primary N) is 1. The van der Waals surface area contributed by atoms with Crippen LogP contribution in [0.15, 0.2) is 12.1 Å². The Balaban J connectivity index is 2.41. The van der Waals surface area contributed by atoms with Gasteiger partial charge in [0.25, 0.3) is 0 Å². The van der Waals surface area contributed by atoms with Crippen LogP contribution in [0.2, 0.25) is 5.02 Å². The first kappa shape index (κ1) is 12.1. The number of hydrogen-bond donors (Lipinski definition) is 2. The molecule has 1 aliphatic rings. The van der Waals surface area contributed by atoms with Gasteiger partial charge >= 0.3 is 5.97 Å². The number of carboxylic acid groups (broad SMARTS) is 1. The number of carbonyl (C=O) groups is 1. The lowest BCUT2D eigenvalue weighted by atomic mass is 10.1. The fraction of sp³-hybridized carbons (Fsp3) is 0.364. The standard InChI is InChI=1S/C11H11ClFNO3/c12-8-4-5(13)3-7(9(14)11(15)16)10(8)17-6-1-2-6/h3-4,6,9H,1-2,14H2,(H,15,16). The van der Waals surface area contributed by atoms with Gasteiger partial charge in [0.05, 0.1) is 11.1 Å². The Labute approximate surface area is 102 Å². The Kier molecular flexibility index (Phi) is 3.22.